The molecular formula is C22H16N2O5. The number of esters is 1. The van der Waals surface area contributed by atoms with E-state index in [2.05, 4.69) is 10.1 Å². The molecule has 7 heteroatoms. The standard InChI is InChI=1S/C22H16N2O5/c1-12-3-5-14(6-4-12)17-10-16(20-13(2)24-29-21(20)23-17)22(25)28-15-7-8-18-19(9-15)27-11-26-18/h3-10H,11H2,1-2H3. The highest BCUT2D eigenvalue weighted by Crippen LogP contribution is 2.36. The van der Waals surface area contributed by atoms with Gasteiger partial charge in [-0.25, -0.2) is 9.78 Å². The lowest BCUT2D eigenvalue weighted by atomic mass is 10.0. The molecular weight excluding hydrogens is 372 g/mol. The minimum Gasteiger partial charge on any atom is -0.454 e. The Labute approximate surface area is 165 Å². The highest BCUT2D eigenvalue weighted by Gasteiger charge is 2.22. The average molecular weight is 388 g/mol. The first-order chi connectivity index (χ1) is 14.1. The highest BCUT2D eigenvalue weighted by molar-refractivity contribution is 6.05. The van der Waals surface area contributed by atoms with E-state index >= 15 is 0 Å². The van der Waals surface area contributed by atoms with Crippen molar-refractivity contribution in [3.05, 3.63) is 65.4 Å². The van der Waals surface area contributed by atoms with Crippen LogP contribution in [0.2, 0.25) is 0 Å². The number of aromatic nitrogens is 2. The average Bonchev–Trinajstić information content (AvgIpc) is 3.34. The predicted molar refractivity (Wildman–Crippen MR) is 104 cm³/mol. The van der Waals surface area contributed by atoms with Gasteiger partial charge in [0.05, 0.1) is 22.3 Å². The summed E-state index contributed by atoms with van der Waals surface area (Å²) >= 11 is 0. The van der Waals surface area contributed by atoms with Gasteiger partial charge in [0.1, 0.15) is 5.75 Å². The number of aryl methyl sites for hydroxylation is 2. The van der Waals surface area contributed by atoms with Crippen molar-refractivity contribution in [1.29, 1.82) is 0 Å². The Balaban J connectivity index is 1.56. The van der Waals surface area contributed by atoms with Crippen LogP contribution < -0.4 is 14.2 Å². The quantitative estimate of drug-likeness (QED) is 0.378. The van der Waals surface area contributed by atoms with Gasteiger partial charge < -0.3 is 18.7 Å². The van der Waals surface area contributed by atoms with E-state index in [9.17, 15) is 4.79 Å². The van der Waals surface area contributed by atoms with Gasteiger partial charge in [-0.2, -0.15) is 0 Å². The number of carbonyl (C=O) groups excluding carboxylic acids is 1. The molecule has 1 aliphatic rings. The topological polar surface area (TPSA) is 83.7 Å². The number of pyridine rings is 1. The summed E-state index contributed by atoms with van der Waals surface area (Å²) in [6, 6.07) is 14.5. The van der Waals surface area contributed by atoms with Crippen LogP contribution in [0.4, 0.5) is 0 Å². The molecule has 3 heterocycles. The van der Waals surface area contributed by atoms with Gasteiger partial charge in [-0.15, -0.1) is 0 Å². The molecule has 1 aliphatic heterocycles. The van der Waals surface area contributed by atoms with Crippen molar-refractivity contribution in [2.75, 3.05) is 6.79 Å². The molecule has 0 aliphatic carbocycles. The number of hydrogen-bond acceptors (Lipinski definition) is 7. The lowest BCUT2D eigenvalue weighted by molar-refractivity contribution is 0.0736. The smallest absolute Gasteiger partial charge is 0.344 e. The number of hydrogen-bond donors (Lipinski definition) is 0. The van der Waals surface area contributed by atoms with Gasteiger partial charge in [-0.05, 0) is 32.0 Å². The molecule has 0 amide bonds. The monoisotopic (exact) mass is 388 g/mol. The Bertz CT molecular complexity index is 1240. The zero-order valence-electron chi connectivity index (χ0n) is 15.8. The molecule has 0 N–H and O–H groups in total. The number of rotatable bonds is 3. The minimum atomic E-state index is -0.532. The van der Waals surface area contributed by atoms with Crippen molar-refractivity contribution < 1.29 is 23.5 Å². The van der Waals surface area contributed by atoms with Crippen molar-refractivity contribution in [2.45, 2.75) is 13.8 Å². The number of carbonyl (C=O) groups is 1. The lowest BCUT2D eigenvalue weighted by Crippen LogP contribution is -2.10. The van der Waals surface area contributed by atoms with Gasteiger partial charge >= 0.3 is 5.97 Å². The fourth-order valence-electron chi connectivity index (χ4n) is 3.23. The second-order valence-electron chi connectivity index (χ2n) is 6.77. The van der Waals surface area contributed by atoms with Crippen LogP contribution in [-0.2, 0) is 0 Å². The molecule has 0 saturated heterocycles. The number of benzene rings is 2. The van der Waals surface area contributed by atoms with E-state index < -0.39 is 5.97 Å². The second kappa shape index (κ2) is 6.63. The zero-order valence-corrected chi connectivity index (χ0v) is 15.8. The number of fused-ring (bicyclic) bond motifs is 2. The van der Waals surface area contributed by atoms with E-state index in [0.717, 1.165) is 11.1 Å². The molecule has 5 rings (SSSR count). The third-order valence-corrected chi connectivity index (χ3v) is 4.74. The molecule has 2 aromatic carbocycles. The maximum absolute atomic E-state index is 13.0. The van der Waals surface area contributed by atoms with Gasteiger partial charge in [-0.1, -0.05) is 35.0 Å². The van der Waals surface area contributed by atoms with Gasteiger partial charge in [0.25, 0.3) is 5.71 Å². The normalized spacial score (nSPS) is 12.3. The van der Waals surface area contributed by atoms with E-state index in [4.69, 9.17) is 18.7 Å². The van der Waals surface area contributed by atoms with Crippen molar-refractivity contribution in [3.8, 4) is 28.5 Å². The van der Waals surface area contributed by atoms with Crippen LogP contribution in [0.15, 0.2) is 53.1 Å². The van der Waals surface area contributed by atoms with E-state index in [1.54, 1.807) is 31.2 Å². The third kappa shape index (κ3) is 3.06. The summed E-state index contributed by atoms with van der Waals surface area (Å²) in [5.74, 6) is 0.982. The molecule has 0 unspecified atom stereocenters. The first kappa shape index (κ1) is 17.2. The van der Waals surface area contributed by atoms with Crippen molar-refractivity contribution in [2.24, 2.45) is 0 Å². The summed E-state index contributed by atoms with van der Waals surface area (Å²) in [7, 11) is 0. The van der Waals surface area contributed by atoms with Crippen molar-refractivity contribution in [1.82, 2.24) is 10.1 Å². The zero-order chi connectivity index (χ0) is 20.0. The molecule has 7 nitrogen and oxygen atoms in total. The van der Waals surface area contributed by atoms with E-state index in [1.807, 2.05) is 31.2 Å². The van der Waals surface area contributed by atoms with Crippen LogP contribution in [0, 0.1) is 13.8 Å². The summed E-state index contributed by atoms with van der Waals surface area (Å²) in [5.41, 5.74) is 3.79. The fourth-order valence-corrected chi connectivity index (χ4v) is 3.23. The van der Waals surface area contributed by atoms with Crippen LogP contribution in [-0.4, -0.2) is 22.9 Å². The summed E-state index contributed by atoms with van der Waals surface area (Å²) in [6.45, 7) is 3.92. The van der Waals surface area contributed by atoms with Crippen LogP contribution in [0.5, 0.6) is 17.2 Å². The SMILES string of the molecule is Cc1ccc(-c2cc(C(=O)Oc3ccc4c(c3)OCO4)c3c(C)noc3n2)cc1. The Kier molecular flexibility index (Phi) is 3.94. The van der Waals surface area contributed by atoms with Gasteiger partial charge in [0.2, 0.25) is 6.79 Å². The van der Waals surface area contributed by atoms with Gasteiger partial charge in [0, 0.05) is 11.6 Å². The van der Waals surface area contributed by atoms with Gasteiger partial charge in [-0.3, -0.25) is 0 Å². The summed E-state index contributed by atoms with van der Waals surface area (Å²) in [5, 5.41) is 4.49. The lowest BCUT2D eigenvalue weighted by Gasteiger charge is -2.08. The molecule has 4 aromatic rings. The molecule has 0 saturated carbocycles. The van der Waals surface area contributed by atoms with Crippen LogP contribution >= 0.6 is 0 Å². The van der Waals surface area contributed by atoms with E-state index in [0.29, 0.717) is 45.3 Å². The van der Waals surface area contributed by atoms with Crippen LogP contribution in [0.3, 0.4) is 0 Å². The Morgan fingerprint density at radius 1 is 1.00 bits per heavy atom. The summed E-state index contributed by atoms with van der Waals surface area (Å²) < 4.78 is 21.6. The molecule has 0 atom stereocenters. The molecule has 144 valence electrons. The van der Waals surface area contributed by atoms with Crippen molar-refractivity contribution in [3.63, 3.8) is 0 Å². The first-order valence-electron chi connectivity index (χ1n) is 9.04. The Hall–Kier alpha value is -3.87. The van der Waals surface area contributed by atoms with E-state index in [-0.39, 0.29) is 6.79 Å². The highest BCUT2D eigenvalue weighted by atomic mass is 16.7. The largest absolute Gasteiger partial charge is 0.454 e. The molecule has 0 radical (unpaired) electrons. The molecule has 0 bridgehead atoms. The second-order valence-corrected chi connectivity index (χ2v) is 6.77. The third-order valence-electron chi connectivity index (χ3n) is 4.74. The minimum absolute atomic E-state index is 0.150. The Morgan fingerprint density at radius 3 is 2.62 bits per heavy atom. The first-order valence-corrected chi connectivity index (χ1v) is 9.04. The maximum atomic E-state index is 13.0. The van der Waals surface area contributed by atoms with Gasteiger partial charge in [0.15, 0.2) is 11.5 Å². The number of nitrogens with zero attached hydrogens (tertiary/aromatic N) is 2. The summed E-state index contributed by atoms with van der Waals surface area (Å²) in [6.07, 6.45) is 0. The molecule has 0 fully saturated rings. The molecule has 2 aromatic heterocycles. The predicted octanol–water partition coefficient (Wildman–Crippen LogP) is 4.45. The maximum Gasteiger partial charge on any atom is 0.344 e. The Morgan fingerprint density at radius 2 is 1.79 bits per heavy atom. The fraction of sp³-hybridized carbons (Fsp3) is 0.136. The van der Waals surface area contributed by atoms with Crippen LogP contribution in [0.25, 0.3) is 22.4 Å². The van der Waals surface area contributed by atoms with E-state index in [1.165, 1.54) is 0 Å². The number of ether oxygens (including phenoxy) is 3. The summed E-state index contributed by atoms with van der Waals surface area (Å²) in [4.78, 5) is 17.5. The molecule has 29 heavy (non-hydrogen) atoms. The van der Waals surface area contributed by atoms with Crippen LogP contribution in [0.1, 0.15) is 21.6 Å². The van der Waals surface area contributed by atoms with Crippen molar-refractivity contribution >= 4 is 17.1 Å². The molecule has 0 spiro atoms.